The SMILES string of the molecule is N#CC(NCCO)c1ccc(F)cc1F. The summed E-state index contributed by atoms with van der Waals surface area (Å²) < 4.78 is 25.8. The summed E-state index contributed by atoms with van der Waals surface area (Å²) in [4.78, 5) is 0. The number of nitrogens with one attached hydrogen (secondary N) is 1. The molecule has 5 heteroatoms. The van der Waals surface area contributed by atoms with Gasteiger partial charge in [0.1, 0.15) is 17.7 Å². The van der Waals surface area contributed by atoms with E-state index < -0.39 is 17.7 Å². The van der Waals surface area contributed by atoms with Gasteiger partial charge in [0.05, 0.1) is 12.7 Å². The highest BCUT2D eigenvalue weighted by Gasteiger charge is 2.14. The van der Waals surface area contributed by atoms with Crippen molar-refractivity contribution in [3.63, 3.8) is 0 Å². The predicted molar refractivity (Wildman–Crippen MR) is 49.8 cm³/mol. The minimum absolute atomic E-state index is 0.0763. The predicted octanol–water partition coefficient (Wildman–Crippen LogP) is 1.11. The topological polar surface area (TPSA) is 56.0 Å². The van der Waals surface area contributed by atoms with Crippen molar-refractivity contribution in [1.82, 2.24) is 5.32 Å². The number of nitriles is 1. The van der Waals surface area contributed by atoms with Crippen molar-refractivity contribution in [2.75, 3.05) is 13.2 Å². The zero-order valence-corrected chi connectivity index (χ0v) is 7.87. The smallest absolute Gasteiger partial charge is 0.131 e. The monoisotopic (exact) mass is 212 g/mol. The van der Waals surface area contributed by atoms with Gasteiger partial charge in [0.25, 0.3) is 0 Å². The van der Waals surface area contributed by atoms with Gasteiger partial charge in [-0.15, -0.1) is 0 Å². The summed E-state index contributed by atoms with van der Waals surface area (Å²) in [5.41, 5.74) is 0.0763. The first-order valence-electron chi connectivity index (χ1n) is 4.38. The second-order valence-corrected chi connectivity index (χ2v) is 2.91. The van der Waals surface area contributed by atoms with E-state index in [1.165, 1.54) is 6.07 Å². The minimum Gasteiger partial charge on any atom is -0.395 e. The van der Waals surface area contributed by atoms with Crippen LogP contribution in [0.5, 0.6) is 0 Å². The summed E-state index contributed by atoms with van der Waals surface area (Å²) in [5, 5.41) is 19.9. The van der Waals surface area contributed by atoms with Crippen LogP contribution in [0.15, 0.2) is 18.2 Å². The van der Waals surface area contributed by atoms with Crippen LogP contribution in [-0.2, 0) is 0 Å². The molecule has 0 heterocycles. The Morgan fingerprint density at radius 2 is 2.20 bits per heavy atom. The third kappa shape index (κ3) is 2.98. The molecule has 0 aromatic heterocycles. The number of aliphatic hydroxyl groups is 1. The molecule has 15 heavy (non-hydrogen) atoms. The van der Waals surface area contributed by atoms with Crippen LogP contribution in [0.25, 0.3) is 0 Å². The fourth-order valence-electron chi connectivity index (χ4n) is 1.17. The Morgan fingerprint density at radius 1 is 1.47 bits per heavy atom. The maximum atomic E-state index is 13.2. The number of hydrogen-bond donors (Lipinski definition) is 2. The Kier molecular flexibility index (Phi) is 4.16. The molecule has 0 saturated carbocycles. The van der Waals surface area contributed by atoms with E-state index in [-0.39, 0.29) is 18.7 Å². The van der Waals surface area contributed by atoms with Crippen molar-refractivity contribution < 1.29 is 13.9 Å². The number of nitrogens with zero attached hydrogens (tertiary/aromatic N) is 1. The van der Waals surface area contributed by atoms with E-state index in [9.17, 15) is 8.78 Å². The summed E-state index contributed by atoms with van der Waals surface area (Å²) in [6.45, 7) is 0.0238. The van der Waals surface area contributed by atoms with E-state index in [1.807, 2.05) is 6.07 Å². The fraction of sp³-hybridized carbons (Fsp3) is 0.300. The molecule has 2 N–H and O–H groups in total. The minimum atomic E-state index is -0.877. The Balaban J connectivity index is 2.88. The van der Waals surface area contributed by atoms with Gasteiger partial charge in [0.15, 0.2) is 0 Å². The molecule has 3 nitrogen and oxygen atoms in total. The number of halogens is 2. The number of rotatable bonds is 4. The maximum Gasteiger partial charge on any atom is 0.131 e. The lowest BCUT2D eigenvalue weighted by Gasteiger charge is -2.11. The van der Waals surface area contributed by atoms with Gasteiger partial charge in [-0.25, -0.2) is 8.78 Å². The molecule has 0 aliphatic rings. The zero-order chi connectivity index (χ0) is 11.3. The highest BCUT2D eigenvalue weighted by Crippen LogP contribution is 2.17. The van der Waals surface area contributed by atoms with Crippen molar-refractivity contribution >= 4 is 0 Å². The molecule has 0 fully saturated rings. The van der Waals surface area contributed by atoms with Crippen LogP contribution >= 0.6 is 0 Å². The lowest BCUT2D eigenvalue weighted by molar-refractivity contribution is 0.288. The lowest BCUT2D eigenvalue weighted by Crippen LogP contribution is -2.24. The molecule has 0 saturated heterocycles. The molecule has 0 aliphatic carbocycles. The van der Waals surface area contributed by atoms with E-state index in [4.69, 9.17) is 10.4 Å². The molecular weight excluding hydrogens is 202 g/mol. The summed E-state index contributed by atoms with van der Waals surface area (Å²) in [7, 11) is 0. The first-order chi connectivity index (χ1) is 7.19. The fourth-order valence-corrected chi connectivity index (χ4v) is 1.17. The summed E-state index contributed by atoms with van der Waals surface area (Å²) in [5.74, 6) is -1.46. The van der Waals surface area contributed by atoms with Crippen LogP contribution in [0.4, 0.5) is 8.78 Å². The first kappa shape index (κ1) is 11.6. The molecule has 1 rings (SSSR count). The molecule has 1 unspecified atom stereocenters. The molecule has 0 amide bonds. The van der Waals surface area contributed by atoms with Gasteiger partial charge >= 0.3 is 0 Å². The molecule has 0 aliphatic heterocycles. The molecule has 1 aromatic carbocycles. The largest absolute Gasteiger partial charge is 0.395 e. The van der Waals surface area contributed by atoms with Crippen LogP contribution in [0.3, 0.4) is 0 Å². The van der Waals surface area contributed by atoms with Gasteiger partial charge in [-0.3, -0.25) is 5.32 Å². The third-order valence-corrected chi connectivity index (χ3v) is 1.86. The van der Waals surface area contributed by atoms with Crippen LogP contribution < -0.4 is 5.32 Å². The lowest BCUT2D eigenvalue weighted by atomic mass is 10.1. The Labute approximate surface area is 86.0 Å². The maximum absolute atomic E-state index is 13.2. The molecule has 1 atom stereocenters. The quantitative estimate of drug-likeness (QED) is 0.786. The normalized spacial score (nSPS) is 12.1. The van der Waals surface area contributed by atoms with Gasteiger partial charge in [-0.2, -0.15) is 5.26 Å². The summed E-state index contributed by atoms with van der Waals surface area (Å²) >= 11 is 0. The van der Waals surface area contributed by atoms with Crippen molar-refractivity contribution in [3.05, 3.63) is 35.4 Å². The number of aliphatic hydroxyl groups excluding tert-OH is 1. The van der Waals surface area contributed by atoms with E-state index in [0.717, 1.165) is 12.1 Å². The molecule has 1 aromatic rings. The van der Waals surface area contributed by atoms with Crippen molar-refractivity contribution in [3.8, 4) is 6.07 Å². The van der Waals surface area contributed by atoms with Crippen LogP contribution in [-0.4, -0.2) is 18.3 Å². The number of hydrogen-bond acceptors (Lipinski definition) is 3. The first-order valence-corrected chi connectivity index (χ1v) is 4.38. The van der Waals surface area contributed by atoms with Gasteiger partial charge in [0, 0.05) is 18.2 Å². The highest BCUT2D eigenvalue weighted by atomic mass is 19.1. The highest BCUT2D eigenvalue weighted by molar-refractivity contribution is 5.26. The van der Waals surface area contributed by atoms with E-state index in [2.05, 4.69) is 5.32 Å². The molecule has 0 bridgehead atoms. The van der Waals surface area contributed by atoms with Crippen molar-refractivity contribution in [1.29, 1.82) is 5.26 Å². The zero-order valence-electron chi connectivity index (χ0n) is 7.87. The average molecular weight is 212 g/mol. The van der Waals surface area contributed by atoms with Gasteiger partial charge < -0.3 is 5.11 Å². The second kappa shape index (κ2) is 5.39. The van der Waals surface area contributed by atoms with Crippen molar-refractivity contribution in [2.24, 2.45) is 0 Å². The van der Waals surface area contributed by atoms with Gasteiger partial charge in [0.2, 0.25) is 0 Å². The Bertz CT molecular complexity index is 376. The molecule has 0 radical (unpaired) electrons. The number of benzene rings is 1. The van der Waals surface area contributed by atoms with E-state index in [0.29, 0.717) is 0 Å². The standard InChI is InChI=1S/C10H10F2N2O/c11-7-1-2-8(9(12)5-7)10(6-13)14-3-4-15/h1-2,5,10,14-15H,3-4H2. The van der Waals surface area contributed by atoms with Gasteiger partial charge in [-0.1, -0.05) is 6.07 Å². The van der Waals surface area contributed by atoms with Crippen LogP contribution in [0.1, 0.15) is 11.6 Å². The molecule has 0 spiro atoms. The second-order valence-electron chi connectivity index (χ2n) is 2.91. The Hall–Kier alpha value is -1.51. The van der Waals surface area contributed by atoms with Gasteiger partial charge in [-0.05, 0) is 6.07 Å². The average Bonchev–Trinajstić information content (AvgIpc) is 2.21. The van der Waals surface area contributed by atoms with Crippen molar-refractivity contribution in [2.45, 2.75) is 6.04 Å². The molecule has 80 valence electrons. The van der Waals surface area contributed by atoms with Crippen LogP contribution in [0, 0.1) is 23.0 Å². The van der Waals surface area contributed by atoms with Crippen LogP contribution in [0.2, 0.25) is 0 Å². The van der Waals surface area contributed by atoms with E-state index in [1.54, 1.807) is 0 Å². The summed E-state index contributed by atoms with van der Waals surface area (Å²) in [6.07, 6.45) is 0. The Morgan fingerprint density at radius 3 is 2.73 bits per heavy atom. The molecular formula is C10H10F2N2O. The third-order valence-electron chi connectivity index (χ3n) is 1.86. The van der Waals surface area contributed by atoms with E-state index >= 15 is 0 Å². The summed E-state index contributed by atoms with van der Waals surface area (Å²) in [6, 6.07) is 3.97.